The van der Waals surface area contributed by atoms with Crippen LogP contribution in [-0.2, 0) is 19.3 Å². The smallest absolute Gasteiger partial charge is 0.0612 e. The van der Waals surface area contributed by atoms with Crippen LogP contribution in [0.15, 0.2) is 6.07 Å². The van der Waals surface area contributed by atoms with E-state index in [9.17, 15) is 0 Å². The molecule has 0 bridgehead atoms. The number of hydrogen-bond acceptors (Lipinski definition) is 2. The molecule has 100 valence electrons. The fraction of sp³-hybridized carbons (Fsp3) is 0.533. The van der Waals surface area contributed by atoms with E-state index in [-0.39, 0.29) is 0 Å². The Morgan fingerprint density at radius 3 is 2.50 bits per heavy atom. The van der Waals surface area contributed by atoms with Crippen LogP contribution in [0.2, 0.25) is 0 Å². The molecule has 1 aromatic carbocycles. The van der Waals surface area contributed by atoms with Gasteiger partial charge in [0.05, 0.1) is 5.49 Å². The second-order valence-electron chi connectivity index (χ2n) is 4.55. The number of hydrogen-bond donors (Lipinski definition) is 2. The van der Waals surface area contributed by atoms with Gasteiger partial charge in [-0.3, -0.25) is 0 Å². The van der Waals surface area contributed by atoms with E-state index in [1.807, 2.05) is 7.05 Å². The van der Waals surface area contributed by atoms with Gasteiger partial charge in [0.15, 0.2) is 0 Å². The topological polar surface area (TPSA) is 24.1 Å². The van der Waals surface area contributed by atoms with Gasteiger partial charge in [-0.25, -0.2) is 0 Å². The van der Waals surface area contributed by atoms with Crippen LogP contribution in [0.1, 0.15) is 35.6 Å². The standard InChI is InChI=1S/C13H19N.C2H5NS/c1-4-11-9(2)8-10-6-5-7-12(10)13(11)14-3;1-3-2-4/h8,14H,4-7H2,1-3H3;2H,1H3,(H,3,4). The van der Waals surface area contributed by atoms with Gasteiger partial charge in [-0.05, 0) is 54.9 Å². The maximum absolute atomic E-state index is 4.32. The van der Waals surface area contributed by atoms with Crippen LogP contribution in [0.4, 0.5) is 5.69 Å². The quantitative estimate of drug-likeness (QED) is 0.820. The maximum atomic E-state index is 4.32. The first-order valence-corrected chi connectivity index (χ1v) is 7.09. The Bertz CT molecular complexity index is 410. The highest BCUT2D eigenvalue weighted by atomic mass is 32.1. The minimum atomic E-state index is 1.13. The minimum Gasteiger partial charge on any atom is -0.388 e. The summed E-state index contributed by atoms with van der Waals surface area (Å²) in [4.78, 5) is 0. The summed E-state index contributed by atoms with van der Waals surface area (Å²) in [6, 6.07) is 2.39. The molecule has 0 atom stereocenters. The van der Waals surface area contributed by atoms with Crippen molar-refractivity contribution in [2.45, 2.75) is 39.5 Å². The molecule has 0 saturated carbocycles. The molecule has 0 amide bonds. The van der Waals surface area contributed by atoms with Crippen LogP contribution in [0.3, 0.4) is 0 Å². The van der Waals surface area contributed by atoms with E-state index in [0.29, 0.717) is 0 Å². The lowest BCUT2D eigenvalue weighted by atomic mass is 9.96. The van der Waals surface area contributed by atoms with Gasteiger partial charge in [-0.2, -0.15) is 0 Å². The molecule has 0 unspecified atom stereocenters. The van der Waals surface area contributed by atoms with Crippen LogP contribution >= 0.6 is 12.2 Å². The molecule has 18 heavy (non-hydrogen) atoms. The third-order valence-electron chi connectivity index (χ3n) is 3.45. The van der Waals surface area contributed by atoms with Crippen LogP contribution < -0.4 is 10.6 Å². The van der Waals surface area contributed by atoms with Gasteiger partial charge in [0.2, 0.25) is 0 Å². The number of thiocarbonyl (C=S) groups is 1. The zero-order chi connectivity index (χ0) is 13.5. The highest BCUT2D eigenvalue weighted by molar-refractivity contribution is 7.78. The molecule has 0 saturated heterocycles. The third-order valence-corrected chi connectivity index (χ3v) is 3.69. The normalized spacial score (nSPS) is 12.2. The average Bonchev–Trinajstić information content (AvgIpc) is 2.84. The van der Waals surface area contributed by atoms with Crippen molar-refractivity contribution in [3.8, 4) is 0 Å². The van der Waals surface area contributed by atoms with Crippen molar-refractivity contribution in [1.82, 2.24) is 5.32 Å². The first-order chi connectivity index (χ1) is 8.69. The summed E-state index contributed by atoms with van der Waals surface area (Å²) in [5.74, 6) is 0. The Morgan fingerprint density at radius 1 is 1.33 bits per heavy atom. The fourth-order valence-corrected chi connectivity index (χ4v) is 2.70. The summed E-state index contributed by atoms with van der Waals surface area (Å²) in [5, 5.41) is 6.01. The molecule has 3 heteroatoms. The second kappa shape index (κ2) is 7.37. The van der Waals surface area contributed by atoms with Crippen molar-refractivity contribution in [1.29, 1.82) is 0 Å². The summed E-state index contributed by atoms with van der Waals surface area (Å²) in [6.45, 7) is 4.47. The van der Waals surface area contributed by atoms with E-state index in [1.54, 1.807) is 18.2 Å². The van der Waals surface area contributed by atoms with E-state index in [1.165, 1.54) is 41.6 Å². The van der Waals surface area contributed by atoms with Crippen LogP contribution in [0.5, 0.6) is 0 Å². The Hall–Kier alpha value is -1.09. The first-order valence-electron chi connectivity index (χ1n) is 6.62. The number of aryl methyl sites for hydroxylation is 2. The molecular weight excluding hydrogens is 240 g/mol. The van der Waals surface area contributed by atoms with Gasteiger partial charge >= 0.3 is 0 Å². The number of benzene rings is 1. The summed E-state index contributed by atoms with van der Waals surface area (Å²) < 4.78 is 0. The lowest BCUT2D eigenvalue weighted by molar-refractivity contribution is 0.911. The van der Waals surface area contributed by atoms with Gasteiger partial charge in [0.1, 0.15) is 0 Å². The molecule has 1 aliphatic carbocycles. The molecular formula is C15H24N2S. The lowest BCUT2D eigenvalue weighted by Crippen LogP contribution is -2.02. The van der Waals surface area contributed by atoms with E-state index >= 15 is 0 Å². The Kier molecular flexibility index (Phi) is 6.13. The summed E-state index contributed by atoms with van der Waals surface area (Å²) >= 11 is 4.32. The van der Waals surface area contributed by atoms with Crippen molar-refractivity contribution in [2.24, 2.45) is 0 Å². The second-order valence-corrected chi connectivity index (χ2v) is 4.78. The predicted molar refractivity (Wildman–Crippen MR) is 84.8 cm³/mol. The summed E-state index contributed by atoms with van der Waals surface area (Å²) in [7, 11) is 3.82. The molecule has 0 aliphatic heterocycles. The lowest BCUT2D eigenvalue weighted by Gasteiger charge is -2.16. The first kappa shape index (κ1) is 15.0. The fourth-order valence-electron chi connectivity index (χ4n) is 2.70. The molecule has 0 heterocycles. The van der Waals surface area contributed by atoms with Gasteiger partial charge in [-0.1, -0.05) is 25.2 Å². The van der Waals surface area contributed by atoms with Crippen molar-refractivity contribution in [3.63, 3.8) is 0 Å². The molecule has 0 aromatic heterocycles. The monoisotopic (exact) mass is 264 g/mol. The average molecular weight is 264 g/mol. The predicted octanol–water partition coefficient (Wildman–Crippen LogP) is 3.25. The van der Waals surface area contributed by atoms with Crippen LogP contribution in [0.25, 0.3) is 0 Å². The molecule has 0 radical (unpaired) electrons. The molecule has 0 spiro atoms. The number of anilines is 1. The SMILES string of the molecule is CCc1c(C)cc2c(c1NC)CCC2.CNC=S. The third kappa shape index (κ3) is 3.22. The number of nitrogens with one attached hydrogen (secondary N) is 2. The maximum Gasteiger partial charge on any atom is 0.0612 e. The van der Waals surface area contributed by atoms with Gasteiger partial charge < -0.3 is 10.6 Å². The Balaban J connectivity index is 0.000000357. The highest BCUT2D eigenvalue weighted by Crippen LogP contribution is 2.34. The largest absolute Gasteiger partial charge is 0.388 e. The van der Waals surface area contributed by atoms with Gasteiger partial charge in [0, 0.05) is 19.8 Å². The Morgan fingerprint density at radius 2 is 2.00 bits per heavy atom. The molecule has 1 aliphatic rings. The van der Waals surface area contributed by atoms with E-state index in [4.69, 9.17) is 0 Å². The zero-order valence-corrected chi connectivity index (χ0v) is 12.7. The minimum absolute atomic E-state index is 1.13. The van der Waals surface area contributed by atoms with Crippen molar-refractivity contribution < 1.29 is 0 Å². The highest BCUT2D eigenvalue weighted by Gasteiger charge is 2.18. The van der Waals surface area contributed by atoms with E-state index < -0.39 is 0 Å². The Labute approximate surface area is 116 Å². The van der Waals surface area contributed by atoms with E-state index in [2.05, 4.69) is 42.8 Å². The van der Waals surface area contributed by atoms with Crippen molar-refractivity contribution in [3.05, 3.63) is 28.3 Å². The molecule has 1 aromatic rings. The molecule has 0 fully saturated rings. The summed E-state index contributed by atoms with van der Waals surface area (Å²) in [6.07, 6.45) is 5.00. The molecule has 2 nitrogen and oxygen atoms in total. The van der Waals surface area contributed by atoms with Crippen molar-refractivity contribution >= 4 is 23.4 Å². The summed E-state index contributed by atoms with van der Waals surface area (Å²) in [5.41, 5.74) is 8.99. The van der Waals surface area contributed by atoms with E-state index in [0.717, 1.165) is 6.42 Å². The zero-order valence-electron chi connectivity index (χ0n) is 11.9. The van der Waals surface area contributed by atoms with Gasteiger partial charge in [0.25, 0.3) is 0 Å². The number of rotatable bonds is 3. The van der Waals surface area contributed by atoms with Crippen molar-refractivity contribution in [2.75, 3.05) is 19.4 Å². The number of fused-ring (bicyclic) bond motifs is 1. The molecule has 2 rings (SSSR count). The van der Waals surface area contributed by atoms with Crippen LogP contribution in [-0.4, -0.2) is 19.6 Å². The van der Waals surface area contributed by atoms with Crippen LogP contribution in [0, 0.1) is 6.92 Å². The van der Waals surface area contributed by atoms with Gasteiger partial charge in [-0.15, -0.1) is 0 Å². The molecule has 2 N–H and O–H groups in total.